The number of hydrogen-bond donors (Lipinski definition) is 1. The highest BCUT2D eigenvalue weighted by atomic mass is 16.3. The van der Waals surface area contributed by atoms with Crippen LogP contribution in [0.1, 0.15) is 11.1 Å². The summed E-state index contributed by atoms with van der Waals surface area (Å²) in [7, 11) is 0. The minimum absolute atomic E-state index is 0.269. The predicted octanol–water partition coefficient (Wildman–Crippen LogP) is 3.70. The zero-order valence-electron chi connectivity index (χ0n) is 14.8. The molecule has 0 radical (unpaired) electrons. The molecule has 0 bridgehead atoms. The van der Waals surface area contributed by atoms with Gasteiger partial charge in [-0.15, -0.1) is 0 Å². The molecule has 1 heterocycles. The maximum absolute atomic E-state index is 9.81. The first-order chi connectivity index (χ1) is 12.8. The third kappa shape index (κ3) is 3.70. The highest BCUT2D eigenvalue weighted by Gasteiger charge is 2.16. The second kappa shape index (κ2) is 7.58. The van der Waals surface area contributed by atoms with Crippen molar-refractivity contribution in [2.75, 3.05) is 26.2 Å². The second-order valence-electron chi connectivity index (χ2n) is 6.67. The molecule has 0 atom stereocenters. The number of nitrogens with zero attached hydrogens (tertiary/aromatic N) is 3. The molecule has 26 heavy (non-hydrogen) atoms. The molecule has 1 fully saturated rings. The molecule has 0 amide bonds. The van der Waals surface area contributed by atoms with Gasteiger partial charge in [-0.25, -0.2) is 0 Å². The van der Waals surface area contributed by atoms with Crippen molar-refractivity contribution in [2.45, 2.75) is 6.54 Å². The Kier molecular flexibility index (Phi) is 4.84. The molecule has 0 unspecified atom stereocenters. The standard InChI is InChI=1S/C22H23N3O/c26-22-11-4-2-7-19(22)16-23-25-14-12-24(13-15-25)17-20-9-5-8-18-6-1-3-10-21(18)20/h1-11,16,26H,12-15,17H2/b23-16-. The molecule has 1 aliphatic rings. The summed E-state index contributed by atoms with van der Waals surface area (Å²) >= 11 is 0. The van der Waals surface area contributed by atoms with Crippen molar-refractivity contribution in [2.24, 2.45) is 5.10 Å². The lowest BCUT2D eigenvalue weighted by atomic mass is 10.0. The minimum atomic E-state index is 0.269. The number of fused-ring (bicyclic) bond motifs is 1. The number of rotatable bonds is 4. The summed E-state index contributed by atoms with van der Waals surface area (Å²) in [6.07, 6.45) is 1.75. The van der Waals surface area contributed by atoms with Crippen LogP contribution in [0.3, 0.4) is 0 Å². The summed E-state index contributed by atoms with van der Waals surface area (Å²) in [5, 5.41) is 19.1. The molecule has 4 heteroatoms. The number of para-hydroxylation sites is 1. The van der Waals surface area contributed by atoms with Crippen LogP contribution in [-0.2, 0) is 6.54 Å². The molecule has 0 aromatic heterocycles. The van der Waals surface area contributed by atoms with Crippen LogP contribution in [-0.4, -0.2) is 47.4 Å². The third-order valence-corrected chi connectivity index (χ3v) is 4.92. The van der Waals surface area contributed by atoms with Crippen molar-refractivity contribution in [3.8, 4) is 5.75 Å². The van der Waals surface area contributed by atoms with E-state index in [9.17, 15) is 5.11 Å². The van der Waals surface area contributed by atoms with Gasteiger partial charge in [-0.1, -0.05) is 54.6 Å². The lowest BCUT2D eigenvalue weighted by molar-refractivity contribution is 0.131. The van der Waals surface area contributed by atoms with Crippen LogP contribution in [0, 0.1) is 0 Å². The van der Waals surface area contributed by atoms with Crippen molar-refractivity contribution in [3.63, 3.8) is 0 Å². The van der Waals surface area contributed by atoms with E-state index >= 15 is 0 Å². The van der Waals surface area contributed by atoms with E-state index in [1.165, 1.54) is 16.3 Å². The smallest absolute Gasteiger partial charge is 0.124 e. The van der Waals surface area contributed by atoms with Gasteiger partial charge < -0.3 is 5.11 Å². The number of piperazine rings is 1. The molecule has 1 aliphatic heterocycles. The van der Waals surface area contributed by atoms with E-state index in [0.29, 0.717) is 0 Å². The lowest BCUT2D eigenvalue weighted by Crippen LogP contribution is -2.43. The predicted molar refractivity (Wildman–Crippen MR) is 106 cm³/mol. The van der Waals surface area contributed by atoms with Crippen LogP contribution < -0.4 is 0 Å². The molecule has 4 nitrogen and oxygen atoms in total. The number of phenols is 1. The number of hydrogen-bond acceptors (Lipinski definition) is 4. The summed E-state index contributed by atoms with van der Waals surface area (Å²) in [6, 6.07) is 22.4. The molecule has 4 rings (SSSR count). The largest absolute Gasteiger partial charge is 0.507 e. The Morgan fingerprint density at radius 1 is 0.846 bits per heavy atom. The van der Waals surface area contributed by atoms with E-state index < -0.39 is 0 Å². The first-order valence-corrected chi connectivity index (χ1v) is 9.05. The van der Waals surface area contributed by atoms with Gasteiger partial charge in [0, 0.05) is 38.3 Å². The fraction of sp³-hybridized carbons (Fsp3) is 0.227. The number of benzene rings is 3. The van der Waals surface area contributed by atoms with E-state index in [0.717, 1.165) is 38.3 Å². The number of phenolic OH excluding ortho intramolecular Hbond substituents is 1. The minimum Gasteiger partial charge on any atom is -0.507 e. The fourth-order valence-electron chi connectivity index (χ4n) is 3.42. The van der Waals surface area contributed by atoms with Crippen molar-refractivity contribution >= 4 is 17.0 Å². The lowest BCUT2D eigenvalue weighted by Gasteiger charge is -2.33. The first kappa shape index (κ1) is 16.6. The van der Waals surface area contributed by atoms with Gasteiger partial charge in [0.25, 0.3) is 0 Å². The van der Waals surface area contributed by atoms with Crippen molar-refractivity contribution in [3.05, 3.63) is 77.9 Å². The Morgan fingerprint density at radius 3 is 2.42 bits per heavy atom. The summed E-state index contributed by atoms with van der Waals surface area (Å²) in [6.45, 7) is 4.74. The quantitative estimate of drug-likeness (QED) is 0.733. The Balaban J connectivity index is 1.37. The van der Waals surface area contributed by atoms with Gasteiger partial charge >= 0.3 is 0 Å². The fourth-order valence-corrected chi connectivity index (χ4v) is 3.42. The molecule has 1 saturated heterocycles. The Morgan fingerprint density at radius 2 is 1.58 bits per heavy atom. The van der Waals surface area contributed by atoms with Gasteiger partial charge in [-0.05, 0) is 28.5 Å². The summed E-state index contributed by atoms with van der Waals surface area (Å²) in [4.78, 5) is 2.48. The van der Waals surface area contributed by atoms with Crippen molar-refractivity contribution in [1.82, 2.24) is 9.91 Å². The highest BCUT2D eigenvalue weighted by molar-refractivity contribution is 5.85. The van der Waals surface area contributed by atoms with Crippen LogP contribution in [0.25, 0.3) is 10.8 Å². The van der Waals surface area contributed by atoms with Crippen LogP contribution in [0.15, 0.2) is 71.8 Å². The van der Waals surface area contributed by atoms with Crippen LogP contribution in [0.4, 0.5) is 0 Å². The molecule has 3 aromatic rings. The zero-order chi connectivity index (χ0) is 17.8. The maximum atomic E-state index is 9.81. The Labute approximate surface area is 154 Å². The molecule has 0 spiro atoms. The average molecular weight is 345 g/mol. The van der Waals surface area contributed by atoms with Crippen molar-refractivity contribution < 1.29 is 5.11 Å². The molecule has 0 aliphatic carbocycles. The van der Waals surface area contributed by atoms with Crippen LogP contribution >= 0.6 is 0 Å². The molecule has 1 N–H and O–H groups in total. The first-order valence-electron chi connectivity index (χ1n) is 9.05. The maximum Gasteiger partial charge on any atom is 0.124 e. The Hall–Kier alpha value is -2.85. The number of hydrazone groups is 1. The monoisotopic (exact) mass is 345 g/mol. The summed E-state index contributed by atoms with van der Waals surface area (Å²) in [5.41, 5.74) is 2.14. The van der Waals surface area contributed by atoms with Crippen molar-refractivity contribution in [1.29, 1.82) is 0 Å². The summed E-state index contributed by atoms with van der Waals surface area (Å²) < 4.78 is 0. The van der Waals surface area contributed by atoms with Crippen LogP contribution in [0.5, 0.6) is 5.75 Å². The highest BCUT2D eigenvalue weighted by Crippen LogP contribution is 2.20. The zero-order valence-corrected chi connectivity index (χ0v) is 14.8. The van der Waals surface area contributed by atoms with Gasteiger partial charge in [-0.3, -0.25) is 9.91 Å². The van der Waals surface area contributed by atoms with Gasteiger partial charge in [0.1, 0.15) is 5.75 Å². The topological polar surface area (TPSA) is 39.1 Å². The van der Waals surface area contributed by atoms with Gasteiger partial charge in [-0.2, -0.15) is 5.10 Å². The van der Waals surface area contributed by atoms with E-state index in [1.807, 2.05) is 18.2 Å². The van der Waals surface area contributed by atoms with E-state index in [-0.39, 0.29) is 5.75 Å². The second-order valence-corrected chi connectivity index (χ2v) is 6.67. The van der Waals surface area contributed by atoms with Gasteiger partial charge in [0.05, 0.1) is 6.21 Å². The summed E-state index contributed by atoms with van der Waals surface area (Å²) in [5.74, 6) is 0.269. The molecular formula is C22H23N3O. The van der Waals surface area contributed by atoms with Crippen LogP contribution in [0.2, 0.25) is 0 Å². The number of aromatic hydroxyl groups is 1. The van der Waals surface area contributed by atoms with E-state index in [2.05, 4.69) is 57.5 Å². The SMILES string of the molecule is Oc1ccccc1/C=N\N1CCN(Cc2cccc3ccccc23)CC1. The average Bonchev–Trinajstić information content (AvgIpc) is 2.69. The molecular weight excluding hydrogens is 322 g/mol. The van der Waals surface area contributed by atoms with Gasteiger partial charge in [0.2, 0.25) is 0 Å². The molecule has 132 valence electrons. The normalized spacial score (nSPS) is 15.8. The van der Waals surface area contributed by atoms with E-state index in [4.69, 9.17) is 0 Å². The molecule has 0 saturated carbocycles. The van der Waals surface area contributed by atoms with Gasteiger partial charge in [0.15, 0.2) is 0 Å². The third-order valence-electron chi connectivity index (χ3n) is 4.92. The van der Waals surface area contributed by atoms with E-state index in [1.54, 1.807) is 12.3 Å². The molecule has 3 aromatic carbocycles. The Bertz CT molecular complexity index is 909.